The average Bonchev–Trinajstić information content (AvgIpc) is 3.07. The second kappa shape index (κ2) is 7.14. The van der Waals surface area contributed by atoms with Crippen LogP contribution in [0.1, 0.15) is 55.5 Å². The lowest BCUT2D eigenvalue weighted by atomic mass is 9.78. The third-order valence-corrected chi connectivity index (χ3v) is 5.71. The minimum atomic E-state index is -0.115. The van der Waals surface area contributed by atoms with Crippen molar-refractivity contribution in [3.63, 3.8) is 0 Å². The Morgan fingerprint density at radius 2 is 1.96 bits per heavy atom. The molecule has 140 valence electrons. The molecule has 5 heteroatoms. The summed E-state index contributed by atoms with van der Waals surface area (Å²) in [5.74, 6) is 0.709. The number of carbonyl (C=O) groups excluding carboxylic acids is 1. The molecule has 1 N–H and O–H groups in total. The van der Waals surface area contributed by atoms with E-state index in [1.807, 2.05) is 28.9 Å². The molecule has 5 nitrogen and oxygen atoms in total. The summed E-state index contributed by atoms with van der Waals surface area (Å²) in [4.78, 5) is 17.3. The Morgan fingerprint density at radius 3 is 2.70 bits per heavy atom. The number of pyridine rings is 1. The number of amides is 1. The highest BCUT2D eigenvalue weighted by Crippen LogP contribution is 2.31. The molecule has 1 aliphatic carbocycles. The zero-order valence-electron chi connectivity index (χ0n) is 16.0. The number of benzene rings is 1. The summed E-state index contributed by atoms with van der Waals surface area (Å²) >= 11 is 0. The van der Waals surface area contributed by atoms with E-state index in [-0.39, 0.29) is 11.4 Å². The molecule has 0 spiro atoms. The molecule has 1 aliphatic rings. The fourth-order valence-electron chi connectivity index (χ4n) is 3.84. The van der Waals surface area contributed by atoms with Crippen LogP contribution < -0.4 is 5.32 Å². The first kappa shape index (κ1) is 17.7. The Morgan fingerprint density at radius 1 is 1.22 bits per heavy atom. The summed E-state index contributed by atoms with van der Waals surface area (Å²) in [6, 6.07) is 12.1. The molecule has 27 heavy (non-hydrogen) atoms. The molecule has 3 aromatic rings. The largest absolute Gasteiger partial charge is 0.347 e. The number of rotatable bonds is 4. The number of hydrogen-bond acceptors (Lipinski definition) is 3. The van der Waals surface area contributed by atoms with Gasteiger partial charge >= 0.3 is 0 Å². The smallest absolute Gasteiger partial charge is 0.253 e. The Bertz CT molecular complexity index is 939. The predicted octanol–water partition coefficient (Wildman–Crippen LogP) is 4.18. The highest BCUT2D eigenvalue weighted by atomic mass is 16.1. The first-order valence-electron chi connectivity index (χ1n) is 9.70. The lowest BCUT2D eigenvalue weighted by Crippen LogP contribution is -2.48. The van der Waals surface area contributed by atoms with Crippen molar-refractivity contribution in [3.8, 4) is 0 Å². The molecule has 2 heterocycles. The van der Waals surface area contributed by atoms with E-state index in [0.717, 1.165) is 29.8 Å². The quantitative estimate of drug-likeness (QED) is 0.757. The third kappa shape index (κ3) is 3.87. The molecule has 0 atom stereocenters. The summed E-state index contributed by atoms with van der Waals surface area (Å²) in [5, 5.41) is 8.58. The molecule has 0 bridgehead atoms. The van der Waals surface area contributed by atoms with Crippen LogP contribution in [0.25, 0.3) is 11.0 Å². The lowest BCUT2D eigenvalue weighted by Gasteiger charge is -2.37. The van der Waals surface area contributed by atoms with Crippen LogP contribution in [0.3, 0.4) is 0 Å². The molecular formula is C22H26N4O. The monoisotopic (exact) mass is 362 g/mol. The number of carbonyl (C=O) groups is 1. The number of nitrogens with zero attached hydrogens (tertiary/aromatic N) is 3. The second-order valence-electron chi connectivity index (χ2n) is 8.12. The van der Waals surface area contributed by atoms with E-state index < -0.39 is 0 Å². The standard InChI is InChI=1S/C22H26N4O/c1-16-8-10-22(2,11-9-16)25-21(27)19-12-18-14-24-26(20(18)23-13-19)15-17-6-4-3-5-7-17/h3-7,12-14,16H,8-11,15H2,1-2H3,(H,25,27). The molecule has 0 radical (unpaired) electrons. The predicted molar refractivity (Wildman–Crippen MR) is 107 cm³/mol. The second-order valence-corrected chi connectivity index (χ2v) is 8.12. The van der Waals surface area contributed by atoms with Crippen LogP contribution in [0.5, 0.6) is 0 Å². The van der Waals surface area contributed by atoms with E-state index in [4.69, 9.17) is 0 Å². The lowest BCUT2D eigenvalue weighted by molar-refractivity contribution is 0.0869. The van der Waals surface area contributed by atoms with Crippen LogP contribution in [0.2, 0.25) is 0 Å². The molecule has 1 aromatic carbocycles. The van der Waals surface area contributed by atoms with Gasteiger partial charge in [-0.3, -0.25) is 4.79 Å². The fraction of sp³-hybridized carbons (Fsp3) is 0.409. The van der Waals surface area contributed by atoms with Gasteiger partial charge in [0.05, 0.1) is 18.3 Å². The number of nitrogens with one attached hydrogen (secondary N) is 1. The summed E-state index contributed by atoms with van der Waals surface area (Å²) < 4.78 is 1.87. The number of hydrogen-bond donors (Lipinski definition) is 1. The molecular weight excluding hydrogens is 336 g/mol. The van der Waals surface area contributed by atoms with E-state index >= 15 is 0 Å². The van der Waals surface area contributed by atoms with Gasteiger partial charge in [0.1, 0.15) is 0 Å². The molecule has 1 saturated carbocycles. The van der Waals surface area contributed by atoms with Crippen molar-refractivity contribution < 1.29 is 4.79 Å². The SMILES string of the molecule is CC1CCC(C)(NC(=O)c2cnc3c(cnn3Cc3ccccc3)c2)CC1. The summed E-state index contributed by atoms with van der Waals surface area (Å²) in [6.45, 7) is 5.10. The van der Waals surface area contributed by atoms with Crippen molar-refractivity contribution in [2.24, 2.45) is 5.92 Å². The normalized spacial score (nSPS) is 22.7. The molecule has 1 amide bonds. The Labute approximate surface area is 159 Å². The van der Waals surface area contributed by atoms with Crippen LogP contribution in [0.4, 0.5) is 0 Å². The Balaban J connectivity index is 1.51. The van der Waals surface area contributed by atoms with Crippen molar-refractivity contribution in [1.29, 1.82) is 0 Å². The van der Waals surface area contributed by atoms with Crippen LogP contribution in [-0.4, -0.2) is 26.2 Å². The zero-order valence-corrected chi connectivity index (χ0v) is 16.0. The number of fused-ring (bicyclic) bond motifs is 1. The van der Waals surface area contributed by atoms with Gasteiger partial charge in [0, 0.05) is 17.1 Å². The van der Waals surface area contributed by atoms with E-state index in [1.54, 1.807) is 12.4 Å². The van der Waals surface area contributed by atoms with E-state index in [1.165, 1.54) is 18.4 Å². The molecule has 0 saturated heterocycles. The molecule has 2 aromatic heterocycles. The highest BCUT2D eigenvalue weighted by molar-refractivity contribution is 5.97. The van der Waals surface area contributed by atoms with Gasteiger partial charge in [0.2, 0.25) is 0 Å². The van der Waals surface area contributed by atoms with Crippen molar-refractivity contribution >= 4 is 16.9 Å². The summed E-state index contributed by atoms with van der Waals surface area (Å²) in [7, 11) is 0. The van der Waals surface area contributed by atoms with Gasteiger partial charge in [-0.15, -0.1) is 0 Å². The van der Waals surface area contributed by atoms with Crippen LogP contribution in [-0.2, 0) is 6.54 Å². The van der Waals surface area contributed by atoms with Crippen LogP contribution in [0.15, 0.2) is 48.8 Å². The molecule has 0 aliphatic heterocycles. The topological polar surface area (TPSA) is 59.8 Å². The van der Waals surface area contributed by atoms with Crippen molar-refractivity contribution in [2.75, 3.05) is 0 Å². The first-order valence-corrected chi connectivity index (χ1v) is 9.70. The third-order valence-electron chi connectivity index (χ3n) is 5.71. The van der Waals surface area contributed by atoms with Gasteiger partial charge in [-0.25, -0.2) is 9.67 Å². The number of aromatic nitrogens is 3. The highest BCUT2D eigenvalue weighted by Gasteiger charge is 2.31. The Hall–Kier alpha value is -2.69. The van der Waals surface area contributed by atoms with E-state index in [2.05, 4.69) is 41.4 Å². The maximum absolute atomic E-state index is 12.8. The average molecular weight is 362 g/mol. The van der Waals surface area contributed by atoms with Crippen LogP contribution in [0, 0.1) is 5.92 Å². The first-order chi connectivity index (χ1) is 13.0. The Kier molecular flexibility index (Phi) is 4.68. The van der Waals surface area contributed by atoms with E-state index in [0.29, 0.717) is 12.1 Å². The van der Waals surface area contributed by atoms with Gasteiger partial charge in [0.15, 0.2) is 5.65 Å². The minimum Gasteiger partial charge on any atom is -0.347 e. The maximum Gasteiger partial charge on any atom is 0.253 e. The fourth-order valence-corrected chi connectivity index (χ4v) is 3.84. The van der Waals surface area contributed by atoms with E-state index in [9.17, 15) is 4.79 Å². The molecule has 4 rings (SSSR count). The molecule has 1 fully saturated rings. The van der Waals surface area contributed by atoms with Crippen molar-refractivity contribution in [1.82, 2.24) is 20.1 Å². The van der Waals surface area contributed by atoms with Gasteiger partial charge in [-0.1, -0.05) is 37.3 Å². The summed E-state index contributed by atoms with van der Waals surface area (Å²) in [6.07, 6.45) is 7.84. The van der Waals surface area contributed by atoms with Crippen molar-refractivity contribution in [2.45, 2.75) is 51.6 Å². The van der Waals surface area contributed by atoms with Gasteiger partial charge in [-0.2, -0.15) is 5.10 Å². The minimum absolute atomic E-state index is 0.0442. The van der Waals surface area contributed by atoms with Gasteiger partial charge in [0.25, 0.3) is 5.91 Å². The van der Waals surface area contributed by atoms with Crippen LogP contribution >= 0.6 is 0 Å². The van der Waals surface area contributed by atoms with Gasteiger partial charge in [-0.05, 0) is 50.2 Å². The van der Waals surface area contributed by atoms with Gasteiger partial charge < -0.3 is 5.32 Å². The van der Waals surface area contributed by atoms with Crippen molar-refractivity contribution in [3.05, 3.63) is 59.9 Å². The zero-order chi connectivity index (χ0) is 18.9. The summed E-state index contributed by atoms with van der Waals surface area (Å²) in [5.41, 5.74) is 2.45. The molecule has 0 unspecified atom stereocenters. The maximum atomic E-state index is 12.8.